The van der Waals surface area contributed by atoms with Crippen LogP contribution in [0.5, 0.6) is 5.75 Å². The average Bonchev–Trinajstić information content (AvgIpc) is 3.27. The molecule has 0 aromatic heterocycles. The van der Waals surface area contributed by atoms with E-state index in [1.807, 2.05) is 0 Å². The number of alkyl halides is 2. The summed E-state index contributed by atoms with van der Waals surface area (Å²) in [5.74, 6) is -3.71. The van der Waals surface area contributed by atoms with E-state index >= 15 is 0 Å². The van der Waals surface area contributed by atoms with Crippen molar-refractivity contribution < 1.29 is 38.1 Å². The summed E-state index contributed by atoms with van der Waals surface area (Å²) in [5, 5.41) is 17.2. The number of likely N-dealkylation sites (tertiary alicyclic amines) is 1. The van der Waals surface area contributed by atoms with Gasteiger partial charge in [0.25, 0.3) is 5.92 Å². The van der Waals surface area contributed by atoms with Gasteiger partial charge in [0.2, 0.25) is 5.91 Å². The second-order valence-electron chi connectivity index (χ2n) is 9.60. The molecule has 1 atom stereocenters. The van der Waals surface area contributed by atoms with Crippen molar-refractivity contribution in [2.75, 3.05) is 13.2 Å². The van der Waals surface area contributed by atoms with Gasteiger partial charge in [0.1, 0.15) is 5.75 Å². The topological polar surface area (TPSA) is 104 Å². The van der Waals surface area contributed by atoms with E-state index in [9.17, 15) is 23.2 Å². The molecule has 1 fully saturated rings. The molecular formula is C31H39F2NO6. The summed E-state index contributed by atoms with van der Waals surface area (Å²) in [6, 6.07) is 13.8. The number of hydrogen-bond acceptors (Lipinski definition) is 5. The number of carboxylic acid groups (broad SMARTS) is 1. The van der Waals surface area contributed by atoms with Crippen LogP contribution in [0.15, 0.2) is 66.7 Å². The van der Waals surface area contributed by atoms with Crippen LogP contribution in [-0.4, -0.2) is 52.2 Å². The number of phenols is 1. The van der Waals surface area contributed by atoms with Crippen LogP contribution in [-0.2, 0) is 31.5 Å². The minimum atomic E-state index is -2.91. The van der Waals surface area contributed by atoms with E-state index in [1.165, 1.54) is 30.3 Å². The van der Waals surface area contributed by atoms with Crippen LogP contribution in [0.4, 0.5) is 8.78 Å². The van der Waals surface area contributed by atoms with Gasteiger partial charge < -0.3 is 19.8 Å². The van der Waals surface area contributed by atoms with Crippen molar-refractivity contribution in [2.24, 2.45) is 0 Å². The maximum Gasteiger partial charge on any atom is 0.307 e. The first-order valence-electron chi connectivity index (χ1n) is 13.7. The second-order valence-corrected chi connectivity index (χ2v) is 9.60. The zero-order chi connectivity index (χ0) is 29.4. The van der Waals surface area contributed by atoms with Crippen LogP contribution < -0.4 is 0 Å². The summed E-state index contributed by atoms with van der Waals surface area (Å²) >= 11 is 0. The van der Waals surface area contributed by atoms with Gasteiger partial charge in [-0.3, -0.25) is 14.4 Å². The molecule has 7 nitrogen and oxygen atoms in total. The van der Waals surface area contributed by atoms with E-state index < -0.39 is 11.9 Å². The third kappa shape index (κ3) is 12.0. The number of benzene rings is 2. The Morgan fingerprint density at radius 2 is 1.73 bits per heavy atom. The molecule has 0 radical (unpaired) electrons. The Hall–Kier alpha value is -3.75. The molecule has 9 heteroatoms. The number of carbonyl (C=O) groups excluding carboxylic acids is 2. The van der Waals surface area contributed by atoms with Crippen molar-refractivity contribution in [2.45, 2.75) is 76.7 Å². The average molecular weight is 560 g/mol. The number of carbonyl (C=O) groups is 3. The quantitative estimate of drug-likeness (QED) is 0.161. The van der Waals surface area contributed by atoms with Gasteiger partial charge in [0.15, 0.2) is 0 Å². The lowest BCUT2D eigenvalue weighted by Crippen LogP contribution is -2.32. The zero-order valence-corrected chi connectivity index (χ0v) is 22.9. The minimum absolute atomic E-state index is 0.000278. The summed E-state index contributed by atoms with van der Waals surface area (Å²) < 4.78 is 33.4. The molecule has 1 aliphatic heterocycles. The monoisotopic (exact) mass is 559 g/mol. The summed E-state index contributed by atoms with van der Waals surface area (Å²) in [6.07, 6.45) is 7.91. The Kier molecular flexibility index (Phi) is 13.8. The number of rotatable bonds is 14. The molecule has 0 aliphatic carbocycles. The lowest BCUT2D eigenvalue weighted by atomic mass is 10.0. The molecule has 1 aliphatic rings. The molecule has 1 heterocycles. The lowest BCUT2D eigenvalue weighted by Gasteiger charge is -2.22. The lowest BCUT2D eigenvalue weighted by molar-refractivity contribution is -0.143. The van der Waals surface area contributed by atoms with Crippen LogP contribution in [0.25, 0.3) is 0 Å². The fourth-order valence-electron chi connectivity index (χ4n) is 4.35. The first kappa shape index (κ1) is 32.5. The van der Waals surface area contributed by atoms with E-state index in [4.69, 9.17) is 14.9 Å². The van der Waals surface area contributed by atoms with Crippen molar-refractivity contribution in [3.63, 3.8) is 0 Å². The number of allylic oxidation sites excluding steroid dienone is 1. The van der Waals surface area contributed by atoms with Crippen molar-refractivity contribution in [1.82, 2.24) is 4.90 Å². The fraction of sp³-hybridized carbons (Fsp3) is 0.452. The van der Waals surface area contributed by atoms with Crippen molar-refractivity contribution in [3.05, 3.63) is 77.9 Å². The molecule has 1 unspecified atom stereocenters. The molecule has 218 valence electrons. The van der Waals surface area contributed by atoms with Crippen LogP contribution in [0.2, 0.25) is 0 Å². The highest BCUT2D eigenvalue weighted by Crippen LogP contribution is 2.32. The fourth-order valence-corrected chi connectivity index (χ4v) is 4.35. The van der Waals surface area contributed by atoms with Crippen molar-refractivity contribution >= 4 is 17.8 Å². The molecule has 0 bridgehead atoms. The molecule has 1 saturated heterocycles. The third-order valence-electron chi connectivity index (χ3n) is 6.43. The van der Waals surface area contributed by atoms with Gasteiger partial charge in [-0.25, -0.2) is 8.78 Å². The normalized spacial score (nSPS) is 15.1. The summed E-state index contributed by atoms with van der Waals surface area (Å²) in [7, 11) is 0. The maximum atomic E-state index is 14.3. The molecule has 1 amide bonds. The van der Waals surface area contributed by atoms with Crippen molar-refractivity contribution in [1.29, 1.82) is 0 Å². The zero-order valence-electron chi connectivity index (χ0n) is 22.9. The molecule has 2 N–H and O–H groups in total. The highest BCUT2D eigenvalue weighted by molar-refractivity contribution is 5.79. The number of hydrogen-bond donors (Lipinski definition) is 2. The Bertz CT molecular complexity index is 1090. The first-order chi connectivity index (χ1) is 19.1. The number of aliphatic carboxylic acids is 1. The smallest absolute Gasteiger partial charge is 0.307 e. The van der Waals surface area contributed by atoms with Gasteiger partial charge in [0, 0.05) is 31.4 Å². The van der Waals surface area contributed by atoms with E-state index in [0.29, 0.717) is 38.0 Å². The largest absolute Gasteiger partial charge is 0.508 e. The first-order valence-corrected chi connectivity index (χ1v) is 13.7. The number of aromatic hydroxyl groups is 1. The van der Waals surface area contributed by atoms with E-state index in [2.05, 4.69) is 0 Å². The molecule has 40 heavy (non-hydrogen) atoms. The Balaban J connectivity index is 0.000000425. The van der Waals surface area contributed by atoms with Gasteiger partial charge >= 0.3 is 11.9 Å². The minimum Gasteiger partial charge on any atom is -0.508 e. The van der Waals surface area contributed by atoms with Gasteiger partial charge in [-0.1, -0.05) is 67.5 Å². The van der Waals surface area contributed by atoms with Crippen LogP contribution in [0.3, 0.4) is 0 Å². The van der Waals surface area contributed by atoms with E-state index in [0.717, 1.165) is 25.7 Å². The molecule has 2 aromatic carbocycles. The number of esters is 1. The third-order valence-corrected chi connectivity index (χ3v) is 6.43. The Morgan fingerprint density at radius 3 is 2.38 bits per heavy atom. The molecular weight excluding hydrogens is 520 g/mol. The van der Waals surface area contributed by atoms with E-state index in [-0.39, 0.29) is 42.1 Å². The summed E-state index contributed by atoms with van der Waals surface area (Å²) in [4.78, 5) is 35.4. The van der Waals surface area contributed by atoms with Gasteiger partial charge in [-0.15, -0.1) is 0 Å². The Morgan fingerprint density at radius 1 is 1.05 bits per heavy atom. The van der Waals surface area contributed by atoms with E-state index in [1.54, 1.807) is 48.2 Å². The number of unbranched alkanes of at least 4 members (excludes halogenated alkanes) is 3. The highest BCUT2D eigenvalue weighted by Gasteiger charge is 2.31. The number of nitrogens with zero attached hydrogens (tertiary/aromatic N) is 1. The van der Waals surface area contributed by atoms with Gasteiger partial charge in [0.05, 0.1) is 19.1 Å². The van der Waals surface area contributed by atoms with Gasteiger partial charge in [-0.2, -0.15) is 0 Å². The van der Waals surface area contributed by atoms with Crippen LogP contribution >= 0.6 is 0 Å². The second kappa shape index (κ2) is 17.0. The molecule has 0 saturated carbocycles. The number of amides is 1. The molecule has 2 aromatic rings. The number of halogens is 2. The highest BCUT2D eigenvalue weighted by atomic mass is 19.3. The predicted molar refractivity (Wildman–Crippen MR) is 148 cm³/mol. The Labute approximate surface area is 234 Å². The molecule has 3 rings (SSSR count). The standard InChI is InChI=1S/C23H31F2NO3.C8H8O3/c1-2-29-22(28)14-8-3-4-9-18-26-20(15-16-21(26)27)13-10-17-23(24,25)19-11-6-5-7-12-19;9-7-3-1-6(2-4-7)5-8(10)11/h5-7,10-13,20H,2-4,8-9,14-18H2,1H3;1-4,9H,5H2,(H,10,11)/b13-10+;. The maximum absolute atomic E-state index is 14.3. The number of carboxylic acids is 1. The number of phenolic OH excluding ortho intramolecular Hbond substituents is 1. The van der Waals surface area contributed by atoms with Crippen LogP contribution in [0, 0.1) is 0 Å². The van der Waals surface area contributed by atoms with Crippen LogP contribution in [0.1, 0.15) is 69.4 Å². The summed E-state index contributed by atoms with van der Waals surface area (Å²) in [6.45, 7) is 2.82. The van der Waals surface area contributed by atoms with Gasteiger partial charge in [-0.05, 0) is 43.9 Å². The molecule has 0 spiro atoms. The summed E-state index contributed by atoms with van der Waals surface area (Å²) in [5.41, 5.74) is 0.696. The number of ether oxygens (including phenoxy) is 1. The SMILES string of the molecule is CCOC(=O)CCCCCCN1C(=O)CCC1/C=C/CC(F)(F)c1ccccc1.O=C(O)Cc1ccc(O)cc1. The predicted octanol–water partition coefficient (Wildman–Crippen LogP) is 6.25. The van der Waals surface area contributed by atoms with Crippen molar-refractivity contribution in [3.8, 4) is 5.75 Å².